The molecule has 0 saturated carbocycles. The summed E-state index contributed by atoms with van der Waals surface area (Å²) in [5, 5.41) is 20.1. The molecule has 2 aromatic rings. The van der Waals surface area contributed by atoms with Crippen LogP contribution in [0.25, 0.3) is 0 Å². The van der Waals surface area contributed by atoms with Gasteiger partial charge in [0.05, 0.1) is 13.3 Å². The van der Waals surface area contributed by atoms with Crippen molar-refractivity contribution in [2.24, 2.45) is 0 Å². The number of unbranched alkanes of at least 4 members (excludes halogenated alkanes) is 1. The highest BCUT2D eigenvalue weighted by Gasteiger charge is 2.22. The van der Waals surface area contributed by atoms with E-state index in [0.29, 0.717) is 22.9 Å². The molecule has 6 N–H and O–H groups in total. The molecule has 2 aliphatic heterocycles. The minimum absolute atomic E-state index is 0.322. The lowest BCUT2D eigenvalue weighted by Crippen LogP contribution is -2.28. The maximum absolute atomic E-state index is 10.0. The van der Waals surface area contributed by atoms with E-state index in [4.69, 9.17) is 11.5 Å². The van der Waals surface area contributed by atoms with Crippen molar-refractivity contribution in [2.45, 2.75) is 25.9 Å². The van der Waals surface area contributed by atoms with Gasteiger partial charge in [0.25, 0.3) is 0 Å². The van der Waals surface area contributed by atoms with Crippen LogP contribution in [0.5, 0.6) is 11.5 Å². The van der Waals surface area contributed by atoms with Crippen LogP contribution in [0.2, 0.25) is 0 Å². The third-order valence-corrected chi connectivity index (χ3v) is 6.46. The molecule has 0 aliphatic carbocycles. The molecule has 0 aromatic heterocycles. The lowest BCUT2D eigenvalue weighted by atomic mass is 10.1. The van der Waals surface area contributed by atoms with Crippen LogP contribution in [-0.2, 0) is 13.1 Å². The summed E-state index contributed by atoms with van der Waals surface area (Å²) in [6.45, 7) is 9.75. The van der Waals surface area contributed by atoms with Crippen molar-refractivity contribution in [3.63, 3.8) is 0 Å². The average molecular weight is 441 g/mol. The summed E-state index contributed by atoms with van der Waals surface area (Å²) in [7, 11) is 0. The fourth-order valence-corrected chi connectivity index (χ4v) is 4.65. The van der Waals surface area contributed by atoms with Crippen molar-refractivity contribution < 1.29 is 10.2 Å². The number of aromatic hydroxyl groups is 2. The van der Waals surface area contributed by atoms with Gasteiger partial charge in [0.1, 0.15) is 11.5 Å². The van der Waals surface area contributed by atoms with E-state index < -0.39 is 0 Å². The van der Waals surface area contributed by atoms with Crippen LogP contribution in [0.15, 0.2) is 36.4 Å². The van der Waals surface area contributed by atoms with Gasteiger partial charge in [-0.05, 0) is 62.3 Å². The predicted molar refractivity (Wildman–Crippen MR) is 128 cm³/mol. The minimum atomic E-state index is 0.322. The van der Waals surface area contributed by atoms with Gasteiger partial charge in [-0.3, -0.25) is 19.6 Å². The first-order chi connectivity index (χ1) is 15.5. The second-order valence-corrected chi connectivity index (χ2v) is 9.11. The Morgan fingerprint density at radius 2 is 1.03 bits per heavy atom. The third-order valence-electron chi connectivity index (χ3n) is 6.46. The predicted octanol–water partition coefficient (Wildman–Crippen LogP) is 1.89. The Labute approximate surface area is 190 Å². The molecule has 0 unspecified atom stereocenters. The van der Waals surface area contributed by atoms with Crippen LogP contribution >= 0.6 is 0 Å². The quantitative estimate of drug-likeness (QED) is 0.266. The van der Waals surface area contributed by atoms with Crippen LogP contribution < -0.4 is 11.5 Å². The van der Waals surface area contributed by atoms with Gasteiger partial charge >= 0.3 is 0 Å². The molecule has 2 saturated heterocycles. The minimum Gasteiger partial charge on any atom is -0.508 e. The van der Waals surface area contributed by atoms with E-state index in [1.165, 1.54) is 12.8 Å². The molecule has 2 fully saturated rings. The first kappa shape index (κ1) is 22.7. The second-order valence-electron chi connectivity index (χ2n) is 9.11. The van der Waals surface area contributed by atoms with Crippen molar-refractivity contribution in [3.05, 3.63) is 47.5 Å². The van der Waals surface area contributed by atoms with Gasteiger partial charge in [-0.1, -0.05) is 0 Å². The highest BCUT2D eigenvalue weighted by Crippen LogP contribution is 2.24. The number of nitrogen functional groups attached to an aromatic ring is 2. The summed E-state index contributed by atoms with van der Waals surface area (Å²) in [5.74, 6) is 0.645. The Morgan fingerprint density at radius 1 is 0.625 bits per heavy atom. The third kappa shape index (κ3) is 6.04. The zero-order valence-corrected chi connectivity index (χ0v) is 18.8. The van der Waals surface area contributed by atoms with E-state index in [-0.39, 0.29) is 0 Å². The van der Waals surface area contributed by atoms with Crippen molar-refractivity contribution in [1.82, 2.24) is 19.6 Å². The molecule has 0 radical (unpaired) electrons. The largest absolute Gasteiger partial charge is 0.508 e. The van der Waals surface area contributed by atoms with E-state index in [0.717, 1.165) is 76.8 Å². The van der Waals surface area contributed by atoms with Crippen molar-refractivity contribution >= 4 is 11.4 Å². The zero-order chi connectivity index (χ0) is 22.5. The summed E-state index contributed by atoms with van der Waals surface area (Å²) >= 11 is 0. The van der Waals surface area contributed by atoms with E-state index in [9.17, 15) is 10.2 Å². The summed E-state index contributed by atoms with van der Waals surface area (Å²) < 4.78 is 0. The average Bonchev–Trinajstić information content (AvgIpc) is 3.40. The Morgan fingerprint density at radius 3 is 1.47 bits per heavy atom. The van der Waals surface area contributed by atoms with E-state index in [2.05, 4.69) is 19.6 Å². The van der Waals surface area contributed by atoms with Gasteiger partial charge in [-0.2, -0.15) is 0 Å². The molecule has 32 heavy (non-hydrogen) atoms. The topological polar surface area (TPSA) is 105 Å². The summed E-state index contributed by atoms with van der Waals surface area (Å²) in [4.78, 5) is 9.70. The Bertz CT molecular complexity index is 835. The number of anilines is 2. The van der Waals surface area contributed by atoms with Crippen molar-refractivity contribution in [1.29, 1.82) is 0 Å². The van der Waals surface area contributed by atoms with Crippen LogP contribution in [-0.4, -0.2) is 82.4 Å². The molecule has 0 atom stereocenters. The number of hydrogen-bond donors (Lipinski definition) is 4. The summed E-state index contributed by atoms with van der Waals surface area (Å²) in [5.41, 5.74) is 14.9. The van der Waals surface area contributed by atoms with Gasteiger partial charge in [0.15, 0.2) is 0 Å². The standard InChI is InChI=1S/C24H36N6O2/c25-21-3-5-23(31)19(13-21)15-29-11-9-27(17-29)7-1-2-8-28-10-12-30(18-28)16-20-14-22(26)4-6-24(20)32/h3-6,13-14,31-32H,1-2,7-12,15-18,25-26H2. The van der Waals surface area contributed by atoms with Gasteiger partial charge in [-0.25, -0.2) is 0 Å². The van der Waals surface area contributed by atoms with Crippen LogP contribution in [0, 0.1) is 0 Å². The zero-order valence-electron chi connectivity index (χ0n) is 18.8. The van der Waals surface area contributed by atoms with E-state index >= 15 is 0 Å². The summed E-state index contributed by atoms with van der Waals surface area (Å²) in [6.07, 6.45) is 2.37. The number of nitrogens with zero attached hydrogens (tertiary/aromatic N) is 4. The molecule has 0 amide bonds. The lowest BCUT2D eigenvalue weighted by molar-refractivity contribution is 0.219. The molecule has 8 heteroatoms. The SMILES string of the molecule is Nc1ccc(O)c(CN2CCN(CCCCN3CCN(Cc4cc(N)ccc4O)C3)C2)c1. The van der Waals surface area contributed by atoms with Crippen LogP contribution in [0.3, 0.4) is 0 Å². The maximum Gasteiger partial charge on any atom is 0.120 e. The van der Waals surface area contributed by atoms with Crippen LogP contribution in [0.4, 0.5) is 11.4 Å². The molecule has 0 spiro atoms. The number of rotatable bonds is 9. The fourth-order valence-electron chi connectivity index (χ4n) is 4.65. The Kier molecular flexibility index (Phi) is 7.36. The van der Waals surface area contributed by atoms with E-state index in [1.807, 2.05) is 12.1 Å². The first-order valence-electron chi connectivity index (χ1n) is 11.5. The lowest BCUT2D eigenvalue weighted by Gasteiger charge is -2.20. The molecule has 4 rings (SSSR count). The molecule has 0 bridgehead atoms. The smallest absolute Gasteiger partial charge is 0.120 e. The fraction of sp³-hybridized carbons (Fsp3) is 0.500. The Hall–Kier alpha value is -2.52. The maximum atomic E-state index is 10.0. The normalized spacial score (nSPS) is 18.6. The van der Waals surface area contributed by atoms with Crippen molar-refractivity contribution in [3.8, 4) is 11.5 Å². The number of nitrogens with two attached hydrogens (primary N) is 2. The Balaban J connectivity index is 1.12. The number of hydrogen-bond acceptors (Lipinski definition) is 8. The summed E-state index contributed by atoms with van der Waals surface area (Å²) in [6, 6.07) is 10.6. The molecule has 2 aliphatic rings. The van der Waals surface area contributed by atoms with Crippen LogP contribution in [0.1, 0.15) is 24.0 Å². The number of phenols is 2. The highest BCUT2D eigenvalue weighted by molar-refractivity contribution is 5.48. The molecule has 174 valence electrons. The molecule has 2 heterocycles. The molecular weight excluding hydrogens is 404 g/mol. The monoisotopic (exact) mass is 440 g/mol. The van der Waals surface area contributed by atoms with Gasteiger partial charge in [-0.15, -0.1) is 0 Å². The first-order valence-corrected chi connectivity index (χ1v) is 11.5. The number of phenolic OH excluding ortho intramolecular Hbond substituents is 2. The second kappa shape index (κ2) is 10.4. The molecule has 8 nitrogen and oxygen atoms in total. The van der Waals surface area contributed by atoms with E-state index in [1.54, 1.807) is 24.3 Å². The van der Waals surface area contributed by atoms with Gasteiger partial charge in [0.2, 0.25) is 0 Å². The number of benzene rings is 2. The van der Waals surface area contributed by atoms with Gasteiger partial charge < -0.3 is 21.7 Å². The van der Waals surface area contributed by atoms with Gasteiger partial charge in [0, 0.05) is 61.8 Å². The highest BCUT2D eigenvalue weighted by atomic mass is 16.3. The molecular formula is C24H36N6O2. The molecule has 2 aromatic carbocycles. The van der Waals surface area contributed by atoms with Crippen molar-refractivity contribution in [2.75, 3.05) is 64.1 Å².